The topological polar surface area (TPSA) is 45.4 Å². The molecule has 0 aliphatic heterocycles. The third-order valence-electron chi connectivity index (χ3n) is 3.55. The van der Waals surface area contributed by atoms with Gasteiger partial charge < -0.3 is 15.5 Å². The molecule has 0 unspecified atom stereocenters. The molecule has 1 heterocycles. The third-order valence-corrected chi connectivity index (χ3v) is 3.55. The van der Waals surface area contributed by atoms with Gasteiger partial charge in [0.2, 0.25) is 0 Å². The van der Waals surface area contributed by atoms with Crippen LogP contribution in [-0.2, 0) is 0 Å². The van der Waals surface area contributed by atoms with Gasteiger partial charge in [0.05, 0.1) is 0 Å². The number of nitrogen functional groups attached to an aromatic ring is 1. The second-order valence-electron chi connectivity index (χ2n) is 6.04. The average Bonchev–Trinajstić information content (AvgIpc) is 2.43. The van der Waals surface area contributed by atoms with Crippen LogP contribution < -0.4 is 10.6 Å². The highest BCUT2D eigenvalue weighted by Crippen LogP contribution is 2.26. The Morgan fingerprint density at radius 2 is 1.68 bits per heavy atom. The zero-order chi connectivity index (χ0) is 16.1. The van der Waals surface area contributed by atoms with Crippen LogP contribution in [0.25, 0.3) is 0 Å². The highest BCUT2D eigenvalue weighted by atomic mass is 15.2. The van der Waals surface area contributed by atoms with Crippen molar-refractivity contribution in [2.45, 2.75) is 20.3 Å². The summed E-state index contributed by atoms with van der Waals surface area (Å²) in [6.45, 7) is 6.13. The zero-order valence-electron chi connectivity index (χ0n) is 14.0. The Balaban J connectivity index is 2.29. The number of aryl methyl sites for hydroxylation is 2. The van der Waals surface area contributed by atoms with E-state index in [9.17, 15) is 0 Å². The van der Waals surface area contributed by atoms with Crippen LogP contribution in [0, 0.1) is 13.8 Å². The predicted octanol–water partition coefficient (Wildman–Crippen LogP) is 3.37. The van der Waals surface area contributed by atoms with Crippen LogP contribution in [0.2, 0.25) is 0 Å². The van der Waals surface area contributed by atoms with Crippen LogP contribution >= 0.6 is 0 Å². The lowest BCUT2D eigenvalue weighted by molar-refractivity contribution is 0.402. The van der Waals surface area contributed by atoms with Crippen molar-refractivity contribution in [1.82, 2.24) is 9.88 Å². The second kappa shape index (κ2) is 7.27. The molecule has 2 aromatic rings. The van der Waals surface area contributed by atoms with E-state index in [4.69, 9.17) is 10.7 Å². The molecule has 0 amide bonds. The summed E-state index contributed by atoms with van der Waals surface area (Å²) in [4.78, 5) is 9.18. The molecule has 0 saturated heterocycles. The molecule has 1 aromatic carbocycles. The molecule has 0 aliphatic carbocycles. The van der Waals surface area contributed by atoms with Crippen molar-refractivity contribution >= 4 is 17.2 Å². The molecule has 4 nitrogen and oxygen atoms in total. The van der Waals surface area contributed by atoms with Crippen LogP contribution in [0.4, 0.5) is 17.2 Å². The number of nitrogens with zero attached hydrogens (tertiary/aromatic N) is 3. The van der Waals surface area contributed by atoms with Gasteiger partial charge in [-0.2, -0.15) is 0 Å². The Kier molecular flexibility index (Phi) is 5.39. The number of pyridine rings is 1. The molecule has 0 fully saturated rings. The summed E-state index contributed by atoms with van der Waals surface area (Å²) < 4.78 is 0. The van der Waals surface area contributed by atoms with E-state index >= 15 is 0 Å². The van der Waals surface area contributed by atoms with Gasteiger partial charge in [0.1, 0.15) is 5.82 Å². The fourth-order valence-electron chi connectivity index (χ4n) is 2.53. The zero-order valence-corrected chi connectivity index (χ0v) is 14.0. The number of nitrogens with two attached hydrogens (primary N) is 1. The van der Waals surface area contributed by atoms with E-state index in [0.717, 1.165) is 42.4 Å². The molecule has 2 rings (SSSR count). The Labute approximate surface area is 133 Å². The summed E-state index contributed by atoms with van der Waals surface area (Å²) in [5, 5.41) is 0. The van der Waals surface area contributed by atoms with E-state index in [1.54, 1.807) is 0 Å². The van der Waals surface area contributed by atoms with Crippen molar-refractivity contribution in [3.63, 3.8) is 0 Å². The minimum Gasteiger partial charge on any atom is -0.399 e. The minimum absolute atomic E-state index is 0.783. The van der Waals surface area contributed by atoms with Gasteiger partial charge in [-0.25, -0.2) is 4.98 Å². The van der Waals surface area contributed by atoms with Crippen LogP contribution in [-0.4, -0.2) is 37.1 Å². The Morgan fingerprint density at radius 3 is 2.27 bits per heavy atom. The highest BCUT2D eigenvalue weighted by molar-refractivity contribution is 5.63. The number of benzene rings is 1. The lowest BCUT2D eigenvalue weighted by Crippen LogP contribution is -2.24. The van der Waals surface area contributed by atoms with Crippen molar-refractivity contribution < 1.29 is 0 Å². The van der Waals surface area contributed by atoms with Crippen molar-refractivity contribution in [2.24, 2.45) is 0 Å². The van der Waals surface area contributed by atoms with E-state index in [-0.39, 0.29) is 0 Å². The SMILES string of the molecule is Cc1cc(C)nc(N(CCCN(C)C)c2ccc(N)cc2)c1. The van der Waals surface area contributed by atoms with E-state index in [0.29, 0.717) is 0 Å². The molecule has 0 atom stereocenters. The summed E-state index contributed by atoms with van der Waals surface area (Å²) in [7, 11) is 4.20. The second-order valence-corrected chi connectivity index (χ2v) is 6.04. The molecule has 0 aliphatic rings. The Bertz CT molecular complexity index is 585. The van der Waals surface area contributed by atoms with Crippen LogP contribution in [0.15, 0.2) is 36.4 Å². The van der Waals surface area contributed by atoms with Gasteiger partial charge in [-0.15, -0.1) is 0 Å². The van der Waals surface area contributed by atoms with Crippen molar-refractivity contribution in [3.05, 3.63) is 47.7 Å². The molecule has 2 N–H and O–H groups in total. The number of rotatable bonds is 6. The molecule has 4 heteroatoms. The van der Waals surface area contributed by atoms with Gasteiger partial charge in [-0.1, -0.05) is 0 Å². The predicted molar refractivity (Wildman–Crippen MR) is 94.7 cm³/mol. The lowest BCUT2D eigenvalue weighted by Gasteiger charge is -2.25. The maximum Gasteiger partial charge on any atom is 0.133 e. The smallest absolute Gasteiger partial charge is 0.133 e. The largest absolute Gasteiger partial charge is 0.399 e. The van der Waals surface area contributed by atoms with E-state index in [1.165, 1.54) is 5.56 Å². The molecule has 0 bridgehead atoms. The van der Waals surface area contributed by atoms with E-state index < -0.39 is 0 Å². The fraction of sp³-hybridized carbons (Fsp3) is 0.389. The molecular weight excluding hydrogens is 272 g/mol. The molecule has 118 valence electrons. The normalized spacial score (nSPS) is 11.0. The first-order valence-corrected chi connectivity index (χ1v) is 7.69. The highest BCUT2D eigenvalue weighted by Gasteiger charge is 2.11. The fourth-order valence-corrected chi connectivity index (χ4v) is 2.53. The number of hydrogen-bond donors (Lipinski definition) is 1. The van der Waals surface area contributed by atoms with E-state index in [2.05, 4.69) is 55.1 Å². The summed E-state index contributed by atoms with van der Waals surface area (Å²) in [6.07, 6.45) is 1.08. The van der Waals surface area contributed by atoms with Crippen LogP contribution in [0.5, 0.6) is 0 Å². The summed E-state index contributed by atoms with van der Waals surface area (Å²) >= 11 is 0. The van der Waals surface area contributed by atoms with Gasteiger partial charge in [0.25, 0.3) is 0 Å². The van der Waals surface area contributed by atoms with Gasteiger partial charge in [0.15, 0.2) is 0 Å². The van der Waals surface area contributed by atoms with Crippen molar-refractivity contribution in [2.75, 3.05) is 37.8 Å². The monoisotopic (exact) mass is 298 g/mol. The van der Waals surface area contributed by atoms with Gasteiger partial charge in [-0.05, 0) is 82.9 Å². The maximum atomic E-state index is 5.81. The summed E-state index contributed by atoms with van der Waals surface area (Å²) in [6, 6.07) is 12.2. The molecule has 0 spiro atoms. The van der Waals surface area contributed by atoms with Gasteiger partial charge in [-0.3, -0.25) is 0 Å². The maximum absolute atomic E-state index is 5.81. The molecule has 22 heavy (non-hydrogen) atoms. The Hall–Kier alpha value is -2.07. The Morgan fingerprint density at radius 1 is 1.00 bits per heavy atom. The molecule has 1 aromatic heterocycles. The standard InChI is InChI=1S/C18H26N4/c1-14-12-15(2)20-18(13-14)22(11-5-10-21(3)4)17-8-6-16(19)7-9-17/h6-9,12-13H,5,10-11,19H2,1-4H3. The van der Waals surface area contributed by atoms with Crippen LogP contribution in [0.3, 0.4) is 0 Å². The molecule has 0 saturated carbocycles. The first-order chi connectivity index (χ1) is 10.5. The van der Waals surface area contributed by atoms with Gasteiger partial charge in [0, 0.05) is 23.6 Å². The van der Waals surface area contributed by atoms with Gasteiger partial charge >= 0.3 is 0 Å². The summed E-state index contributed by atoms with van der Waals surface area (Å²) in [5.41, 5.74) is 10.0. The third kappa shape index (κ3) is 4.46. The van der Waals surface area contributed by atoms with E-state index in [1.807, 2.05) is 19.1 Å². The lowest BCUT2D eigenvalue weighted by atomic mass is 10.2. The van der Waals surface area contributed by atoms with Crippen molar-refractivity contribution in [3.8, 4) is 0 Å². The molecular formula is C18H26N4. The quantitative estimate of drug-likeness (QED) is 0.831. The molecule has 0 radical (unpaired) electrons. The van der Waals surface area contributed by atoms with Crippen LogP contribution in [0.1, 0.15) is 17.7 Å². The number of anilines is 3. The average molecular weight is 298 g/mol. The minimum atomic E-state index is 0.783. The van der Waals surface area contributed by atoms with Crippen molar-refractivity contribution in [1.29, 1.82) is 0 Å². The number of hydrogen-bond acceptors (Lipinski definition) is 4. The first kappa shape index (κ1) is 16.3. The first-order valence-electron chi connectivity index (χ1n) is 7.69. The summed E-state index contributed by atoms with van der Waals surface area (Å²) in [5.74, 6) is 1.00. The number of aromatic nitrogens is 1.